The number of aromatic amines is 1. The number of amides is 1. The number of unbranched alkanes of at least 4 members (excludes halogenated alkanes) is 1. The lowest BCUT2D eigenvalue weighted by molar-refractivity contribution is 0.0946. The summed E-state index contributed by atoms with van der Waals surface area (Å²) in [6.45, 7) is 6.06. The molecule has 0 atom stereocenters. The minimum Gasteiger partial charge on any atom is -0.494 e. The first-order valence-corrected chi connectivity index (χ1v) is 10.5. The molecule has 0 spiro atoms. The van der Waals surface area contributed by atoms with Gasteiger partial charge in [-0.05, 0) is 60.9 Å². The normalized spacial score (nSPS) is 10.6. The van der Waals surface area contributed by atoms with E-state index in [4.69, 9.17) is 9.47 Å². The maximum Gasteiger partial charge on any atom is 0.269 e. The van der Waals surface area contributed by atoms with Crippen molar-refractivity contribution in [3.8, 4) is 22.8 Å². The standard InChI is InChI=1S/C24H29N3O3/c1-3-5-15-30-21-12-8-19(9-13-21)22-16-23(27-26-22)24(28)25-17-18-6-10-20(11-7-18)29-14-4-2/h6-13,16H,3-5,14-15,17H2,1-2H3,(H,25,28)(H,26,27). The zero-order valence-electron chi connectivity index (χ0n) is 17.6. The number of ether oxygens (including phenoxy) is 2. The number of hydrogen-bond acceptors (Lipinski definition) is 4. The molecule has 6 nitrogen and oxygen atoms in total. The van der Waals surface area contributed by atoms with E-state index in [9.17, 15) is 4.79 Å². The average Bonchev–Trinajstić information content (AvgIpc) is 3.28. The summed E-state index contributed by atoms with van der Waals surface area (Å²) in [5.74, 6) is 1.48. The summed E-state index contributed by atoms with van der Waals surface area (Å²) in [6, 6.07) is 17.2. The van der Waals surface area contributed by atoms with E-state index >= 15 is 0 Å². The van der Waals surface area contributed by atoms with Crippen LogP contribution in [0, 0.1) is 0 Å². The van der Waals surface area contributed by atoms with Crippen LogP contribution in [-0.2, 0) is 6.54 Å². The van der Waals surface area contributed by atoms with Crippen LogP contribution in [0.4, 0.5) is 0 Å². The maximum absolute atomic E-state index is 12.4. The molecule has 1 amide bonds. The summed E-state index contributed by atoms with van der Waals surface area (Å²) >= 11 is 0. The molecule has 1 heterocycles. The van der Waals surface area contributed by atoms with Crippen LogP contribution in [0.2, 0.25) is 0 Å². The minimum atomic E-state index is -0.195. The molecule has 0 aliphatic heterocycles. The third kappa shape index (κ3) is 6.11. The predicted molar refractivity (Wildman–Crippen MR) is 118 cm³/mol. The van der Waals surface area contributed by atoms with E-state index < -0.39 is 0 Å². The molecule has 2 N–H and O–H groups in total. The first kappa shape index (κ1) is 21.4. The monoisotopic (exact) mass is 407 g/mol. The smallest absolute Gasteiger partial charge is 0.269 e. The van der Waals surface area contributed by atoms with E-state index in [1.165, 1.54) is 0 Å². The topological polar surface area (TPSA) is 76.2 Å². The summed E-state index contributed by atoms with van der Waals surface area (Å²) < 4.78 is 11.3. The van der Waals surface area contributed by atoms with Gasteiger partial charge in [0, 0.05) is 12.1 Å². The van der Waals surface area contributed by atoms with Gasteiger partial charge < -0.3 is 14.8 Å². The number of nitrogens with one attached hydrogen (secondary N) is 2. The number of carbonyl (C=O) groups excluding carboxylic acids is 1. The van der Waals surface area contributed by atoms with Gasteiger partial charge in [-0.25, -0.2) is 0 Å². The van der Waals surface area contributed by atoms with Gasteiger partial charge in [0.15, 0.2) is 0 Å². The van der Waals surface area contributed by atoms with Crippen molar-refractivity contribution in [3.05, 3.63) is 65.9 Å². The number of nitrogens with zero attached hydrogens (tertiary/aromatic N) is 1. The average molecular weight is 408 g/mol. The van der Waals surface area contributed by atoms with Crippen molar-refractivity contribution in [1.82, 2.24) is 15.5 Å². The van der Waals surface area contributed by atoms with Crippen LogP contribution in [0.15, 0.2) is 54.6 Å². The highest BCUT2D eigenvalue weighted by Gasteiger charge is 2.11. The molecule has 0 radical (unpaired) electrons. The van der Waals surface area contributed by atoms with Crippen molar-refractivity contribution < 1.29 is 14.3 Å². The first-order chi connectivity index (χ1) is 14.7. The molecule has 30 heavy (non-hydrogen) atoms. The highest BCUT2D eigenvalue weighted by Crippen LogP contribution is 2.21. The van der Waals surface area contributed by atoms with E-state index in [0.717, 1.165) is 54.2 Å². The highest BCUT2D eigenvalue weighted by molar-refractivity contribution is 5.93. The number of benzene rings is 2. The Balaban J connectivity index is 1.53. The van der Waals surface area contributed by atoms with Crippen LogP contribution in [0.5, 0.6) is 11.5 Å². The Hall–Kier alpha value is -3.28. The van der Waals surface area contributed by atoms with Crippen LogP contribution in [0.25, 0.3) is 11.3 Å². The van der Waals surface area contributed by atoms with E-state index in [1.807, 2.05) is 48.5 Å². The molecule has 0 unspecified atom stereocenters. The molecular weight excluding hydrogens is 378 g/mol. The zero-order valence-corrected chi connectivity index (χ0v) is 17.6. The van der Waals surface area contributed by atoms with Crippen molar-refractivity contribution in [1.29, 1.82) is 0 Å². The molecule has 0 fully saturated rings. The summed E-state index contributed by atoms with van der Waals surface area (Å²) in [5.41, 5.74) is 3.08. The highest BCUT2D eigenvalue weighted by atomic mass is 16.5. The molecule has 0 aliphatic carbocycles. The first-order valence-electron chi connectivity index (χ1n) is 10.5. The van der Waals surface area contributed by atoms with E-state index in [2.05, 4.69) is 29.4 Å². The lowest BCUT2D eigenvalue weighted by Crippen LogP contribution is -2.23. The minimum absolute atomic E-state index is 0.195. The van der Waals surface area contributed by atoms with Crippen LogP contribution in [0.3, 0.4) is 0 Å². The van der Waals surface area contributed by atoms with Crippen LogP contribution in [-0.4, -0.2) is 29.3 Å². The Morgan fingerprint density at radius 2 is 1.60 bits per heavy atom. The predicted octanol–water partition coefficient (Wildman–Crippen LogP) is 4.97. The fraction of sp³-hybridized carbons (Fsp3) is 0.333. The summed E-state index contributed by atoms with van der Waals surface area (Å²) in [5, 5.41) is 9.99. The van der Waals surface area contributed by atoms with Crippen LogP contribution < -0.4 is 14.8 Å². The Bertz CT molecular complexity index is 918. The Morgan fingerprint density at radius 3 is 2.27 bits per heavy atom. The zero-order chi connectivity index (χ0) is 21.2. The van der Waals surface area contributed by atoms with Gasteiger partial charge in [0.1, 0.15) is 17.2 Å². The Morgan fingerprint density at radius 1 is 0.933 bits per heavy atom. The summed E-state index contributed by atoms with van der Waals surface area (Å²) in [6.07, 6.45) is 3.12. The molecule has 6 heteroatoms. The second-order valence-corrected chi connectivity index (χ2v) is 7.07. The molecule has 0 saturated heterocycles. The second-order valence-electron chi connectivity index (χ2n) is 7.07. The van der Waals surface area contributed by atoms with Gasteiger partial charge in [-0.1, -0.05) is 32.4 Å². The van der Waals surface area contributed by atoms with Gasteiger partial charge in [-0.15, -0.1) is 0 Å². The molecule has 0 aliphatic rings. The SMILES string of the molecule is CCCCOc1ccc(-c2cc(C(=O)NCc3ccc(OCCC)cc3)[nH]n2)cc1. The largest absolute Gasteiger partial charge is 0.494 e. The molecule has 3 aromatic rings. The molecular formula is C24H29N3O3. The third-order valence-electron chi connectivity index (χ3n) is 4.59. The molecule has 2 aromatic carbocycles. The summed E-state index contributed by atoms with van der Waals surface area (Å²) in [4.78, 5) is 12.4. The van der Waals surface area contributed by atoms with Crippen LogP contribution in [0.1, 0.15) is 49.2 Å². The number of rotatable bonds is 11. The number of carbonyl (C=O) groups is 1. The molecule has 158 valence electrons. The Kier molecular flexibility index (Phi) is 7.89. The van der Waals surface area contributed by atoms with Gasteiger partial charge in [0.2, 0.25) is 0 Å². The van der Waals surface area contributed by atoms with E-state index in [-0.39, 0.29) is 5.91 Å². The van der Waals surface area contributed by atoms with Crippen molar-refractivity contribution in [2.75, 3.05) is 13.2 Å². The lowest BCUT2D eigenvalue weighted by atomic mass is 10.1. The Labute approximate surface area is 177 Å². The van der Waals surface area contributed by atoms with Gasteiger partial charge in [0.05, 0.1) is 18.9 Å². The van der Waals surface area contributed by atoms with Gasteiger partial charge >= 0.3 is 0 Å². The van der Waals surface area contributed by atoms with Gasteiger partial charge in [-0.3, -0.25) is 9.89 Å². The quantitative estimate of drug-likeness (QED) is 0.440. The lowest BCUT2D eigenvalue weighted by Gasteiger charge is -2.07. The molecule has 0 bridgehead atoms. The van der Waals surface area contributed by atoms with Gasteiger partial charge in [0.25, 0.3) is 5.91 Å². The fourth-order valence-corrected chi connectivity index (χ4v) is 2.84. The van der Waals surface area contributed by atoms with Gasteiger partial charge in [-0.2, -0.15) is 5.10 Å². The molecule has 1 aromatic heterocycles. The van der Waals surface area contributed by atoms with E-state index in [0.29, 0.717) is 18.8 Å². The van der Waals surface area contributed by atoms with Crippen molar-refractivity contribution in [2.45, 2.75) is 39.7 Å². The molecule has 3 rings (SSSR count). The second kappa shape index (κ2) is 11.0. The number of aromatic nitrogens is 2. The third-order valence-corrected chi connectivity index (χ3v) is 4.59. The van der Waals surface area contributed by atoms with Crippen LogP contribution >= 0.6 is 0 Å². The number of H-pyrrole nitrogens is 1. The summed E-state index contributed by atoms with van der Waals surface area (Å²) in [7, 11) is 0. The maximum atomic E-state index is 12.4. The van der Waals surface area contributed by atoms with Crippen molar-refractivity contribution in [3.63, 3.8) is 0 Å². The number of hydrogen-bond donors (Lipinski definition) is 2. The molecule has 0 saturated carbocycles. The van der Waals surface area contributed by atoms with E-state index in [1.54, 1.807) is 6.07 Å². The van der Waals surface area contributed by atoms with Crippen molar-refractivity contribution in [2.24, 2.45) is 0 Å². The van der Waals surface area contributed by atoms with Crippen molar-refractivity contribution >= 4 is 5.91 Å². The fourth-order valence-electron chi connectivity index (χ4n) is 2.84.